The van der Waals surface area contributed by atoms with Gasteiger partial charge < -0.3 is 4.74 Å². The molecule has 5 heteroatoms. The molecule has 0 saturated heterocycles. The predicted molar refractivity (Wildman–Crippen MR) is 57.4 cm³/mol. The lowest BCUT2D eigenvalue weighted by molar-refractivity contribution is -0.385. The maximum atomic E-state index is 10.6. The van der Waals surface area contributed by atoms with Crippen molar-refractivity contribution in [2.45, 2.75) is 6.42 Å². The molecule has 0 aliphatic carbocycles. The number of terminal acetylenes is 1. The molecule has 0 bridgehead atoms. The fraction of sp³-hybridized carbons (Fsp3) is 0.182. The van der Waals surface area contributed by atoms with E-state index in [4.69, 9.17) is 11.2 Å². The number of carbonyl (C=O) groups is 1. The maximum Gasteiger partial charge on any atom is 0.280 e. The minimum atomic E-state index is -0.616. The minimum absolute atomic E-state index is 0.0109. The van der Waals surface area contributed by atoms with E-state index in [0.29, 0.717) is 25.1 Å². The SMILES string of the molecule is C#CCCOc1ccc([N+](=O)[O-])c(C=O)c1. The van der Waals surface area contributed by atoms with Gasteiger partial charge in [-0.15, -0.1) is 12.3 Å². The van der Waals surface area contributed by atoms with Gasteiger partial charge in [0.05, 0.1) is 17.1 Å². The summed E-state index contributed by atoms with van der Waals surface area (Å²) in [6, 6.07) is 3.98. The summed E-state index contributed by atoms with van der Waals surface area (Å²) < 4.78 is 5.20. The third-order valence-corrected chi connectivity index (χ3v) is 1.84. The molecule has 0 aromatic heterocycles. The van der Waals surface area contributed by atoms with Crippen molar-refractivity contribution in [1.82, 2.24) is 0 Å². The second kappa shape index (κ2) is 5.51. The summed E-state index contributed by atoms with van der Waals surface area (Å²) in [7, 11) is 0. The summed E-state index contributed by atoms with van der Waals surface area (Å²) in [5.74, 6) is 2.79. The molecule has 0 unspecified atom stereocenters. The Morgan fingerprint density at radius 3 is 2.88 bits per heavy atom. The van der Waals surface area contributed by atoms with E-state index in [1.165, 1.54) is 18.2 Å². The molecule has 5 nitrogen and oxygen atoms in total. The molecule has 0 atom stereocenters. The monoisotopic (exact) mass is 219 g/mol. The van der Waals surface area contributed by atoms with Gasteiger partial charge in [-0.3, -0.25) is 14.9 Å². The van der Waals surface area contributed by atoms with Crippen molar-refractivity contribution in [3.63, 3.8) is 0 Å². The smallest absolute Gasteiger partial charge is 0.280 e. The summed E-state index contributed by atoms with van der Waals surface area (Å²) in [5.41, 5.74) is -0.248. The Bertz CT molecular complexity index is 448. The third kappa shape index (κ3) is 2.82. The van der Waals surface area contributed by atoms with Crippen molar-refractivity contribution in [2.75, 3.05) is 6.61 Å². The lowest BCUT2D eigenvalue weighted by Gasteiger charge is -2.04. The number of rotatable bonds is 5. The Morgan fingerprint density at radius 1 is 1.56 bits per heavy atom. The molecule has 1 aromatic carbocycles. The highest BCUT2D eigenvalue weighted by molar-refractivity contribution is 5.82. The zero-order chi connectivity index (χ0) is 12.0. The molecule has 82 valence electrons. The molecular weight excluding hydrogens is 210 g/mol. The van der Waals surface area contributed by atoms with Crippen LogP contribution in [0.25, 0.3) is 0 Å². The van der Waals surface area contributed by atoms with Crippen LogP contribution in [0.1, 0.15) is 16.8 Å². The van der Waals surface area contributed by atoms with Crippen molar-refractivity contribution in [3.8, 4) is 18.1 Å². The topological polar surface area (TPSA) is 69.4 Å². The number of nitro groups is 1. The lowest BCUT2D eigenvalue weighted by Crippen LogP contribution is -1.99. The Morgan fingerprint density at radius 2 is 2.31 bits per heavy atom. The van der Waals surface area contributed by atoms with Crippen molar-refractivity contribution in [2.24, 2.45) is 0 Å². The molecule has 0 saturated carbocycles. The molecule has 0 heterocycles. The molecule has 0 spiro atoms. The highest BCUT2D eigenvalue weighted by atomic mass is 16.6. The van der Waals surface area contributed by atoms with E-state index in [-0.39, 0.29) is 11.3 Å². The van der Waals surface area contributed by atoms with Gasteiger partial charge in [0.15, 0.2) is 6.29 Å². The van der Waals surface area contributed by atoms with Crippen molar-refractivity contribution < 1.29 is 14.5 Å². The highest BCUT2D eigenvalue weighted by Gasteiger charge is 2.13. The van der Waals surface area contributed by atoms with Gasteiger partial charge in [0.2, 0.25) is 0 Å². The number of hydrogen-bond acceptors (Lipinski definition) is 4. The van der Waals surface area contributed by atoms with Gasteiger partial charge >= 0.3 is 0 Å². The predicted octanol–water partition coefficient (Wildman–Crippen LogP) is 1.81. The Kier molecular flexibility index (Phi) is 4.04. The summed E-state index contributed by atoms with van der Waals surface area (Å²) in [5, 5.41) is 10.5. The zero-order valence-corrected chi connectivity index (χ0v) is 8.38. The van der Waals surface area contributed by atoms with E-state index in [9.17, 15) is 14.9 Å². The first-order valence-corrected chi connectivity index (χ1v) is 4.49. The van der Waals surface area contributed by atoms with E-state index in [0.717, 1.165) is 0 Å². The Hall–Kier alpha value is -2.35. The summed E-state index contributed by atoms with van der Waals surface area (Å²) in [4.78, 5) is 20.5. The zero-order valence-electron chi connectivity index (χ0n) is 8.38. The van der Waals surface area contributed by atoms with Gasteiger partial charge in [-0.1, -0.05) is 0 Å². The summed E-state index contributed by atoms with van der Waals surface area (Å²) in [6.45, 7) is 0.312. The van der Waals surface area contributed by atoms with E-state index < -0.39 is 4.92 Å². The van der Waals surface area contributed by atoms with Crippen LogP contribution < -0.4 is 4.74 Å². The first-order chi connectivity index (χ1) is 7.69. The third-order valence-electron chi connectivity index (χ3n) is 1.84. The van der Waals surface area contributed by atoms with Crippen LogP contribution in [0.15, 0.2) is 18.2 Å². The van der Waals surface area contributed by atoms with Crippen molar-refractivity contribution in [1.29, 1.82) is 0 Å². The maximum absolute atomic E-state index is 10.6. The van der Waals surface area contributed by atoms with Crippen molar-refractivity contribution in [3.05, 3.63) is 33.9 Å². The molecule has 0 N–H and O–H groups in total. The first kappa shape index (κ1) is 11.7. The van der Waals surface area contributed by atoms with Crippen LogP contribution in [0.5, 0.6) is 5.75 Å². The average molecular weight is 219 g/mol. The van der Waals surface area contributed by atoms with Crippen LogP contribution in [0.2, 0.25) is 0 Å². The fourth-order valence-corrected chi connectivity index (χ4v) is 1.11. The van der Waals surface area contributed by atoms with Crippen LogP contribution in [-0.4, -0.2) is 17.8 Å². The number of nitro benzene ring substituents is 1. The molecule has 0 fully saturated rings. The second-order valence-electron chi connectivity index (χ2n) is 2.90. The highest BCUT2D eigenvalue weighted by Crippen LogP contribution is 2.22. The Balaban J connectivity index is 2.87. The molecule has 16 heavy (non-hydrogen) atoms. The molecular formula is C11H9NO4. The average Bonchev–Trinajstić information content (AvgIpc) is 2.29. The van der Waals surface area contributed by atoms with Crippen LogP contribution in [0.4, 0.5) is 5.69 Å². The van der Waals surface area contributed by atoms with Crippen LogP contribution in [-0.2, 0) is 0 Å². The Labute approximate surface area is 92.2 Å². The number of nitrogens with zero attached hydrogens (tertiary/aromatic N) is 1. The number of aldehydes is 1. The molecule has 0 amide bonds. The van der Waals surface area contributed by atoms with Crippen LogP contribution >= 0.6 is 0 Å². The first-order valence-electron chi connectivity index (χ1n) is 4.49. The summed E-state index contributed by atoms with van der Waals surface area (Å²) >= 11 is 0. The van der Waals surface area contributed by atoms with Gasteiger partial charge in [0, 0.05) is 12.5 Å². The summed E-state index contributed by atoms with van der Waals surface area (Å²) in [6.07, 6.45) is 5.90. The van der Waals surface area contributed by atoms with Crippen LogP contribution in [0.3, 0.4) is 0 Å². The number of hydrogen-bond donors (Lipinski definition) is 0. The van der Waals surface area contributed by atoms with E-state index in [1.807, 2.05) is 0 Å². The van der Waals surface area contributed by atoms with Gasteiger partial charge in [-0.25, -0.2) is 0 Å². The van der Waals surface area contributed by atoms with E-state index in [1.54, 1.807) is 0 Å². The second-order valence-corrected chi connectivity index (χ2v) is 2.90. The number of ether oxygens (including phenoxy) is 1. The van der Waals surface area contributed by atoms with Crippen LogP contribution in [0, 0.1) is 22.5 Å². The normalized spacial score (nSPS) is 9.19. The number of benzene rings is 1. The molecule has 0 aliphatic heterocycles. The largest absolute Gasteiger partial charge is 0.493 e. The molecule has 0 aliphatic rings. The lowest BCUT2D eigenvalue weighted by atomic mass is 10.2. The van der Waals surface area contributed by atoms with Crippen molar-refractivity contribution >= 4 is 12.0 Å². The number of carbonyl (C=O) groups excluding carboxylic acids is 1. The van der Waals surface area contributed by atoms with E-state index in [2.05, 4.69) is 5.92 Å². The van der Waals surface area contributed by atoms with Gasteiger partial charge in [-0.05, 0) is 12.1 Å². The van der Waals surface area contributed by atoms with Gasteiger partial charge in [0.1, 0.15) is 5.75 Å². The van der Waals surface area contributed by atoms with E-state index >= 15 is 0 Å². The molecule has 1 rings (SSSR count). The molecule has 1 aromatic rings. The quantitative estimate of drug-likeness (QED) is 0.249. The molecule has 0 radical (unpaired) electrons. The van der Waals surface area contributed by atoms with Gasteiger partial charge in [0.25, 0.3) is 5.69 Å². The fourth-order valence-electron chi connectivity index (χ4n) is 1.11. The standard InChI is InChI=1S/C11H9NO4/c1-2-3-6-16-10-4-5-11(12(14)15)9(7-10)8-13/h1,4-5,7-8H,3,6H2. The van der Waals surface area contributed by atoms with Gasteiger partial charge in [-0.2, -0.15) is 0 Å². The minimum Gasteiger partial charge on any atom is -0.493 e.